The second-order valence-electron chi connectivity index (χ2n) is 27.6. The number of halogens is 1. The molecule has 0 unspecified atom stereocenters. The maximum absolute atomic E-state index is 15.6. The Labute approximate surface area is 674 Å². The van der Waals surface area contributed by atoms with Gasteiger partial charge in [0.05, 0.1) is 56.8 Å². The molecule has 0 atom stereocenters. The normalized spacial score (nSPS) is 11.4. The first-order valence-corrected chi connectivity index (χ1v) is 38.2. The van der Waals surface area contributed by atoms with Gasteiger partial charge in [-0.15, -0.1) is 0 Å². The number of benzene rings is 14. The van der Waals surface area contributed by atoms with Crippen molar-refractivity contribution in [3.05, 3.63) is 406 Å². The lowest BCUT2D eigenvalue weighted by Crippen LogP contribution is -2.26. The molecule has 0 spiro atoms. The van der Waals surface area contributed by atoms with Gasteiger partial charge in [-0.25, -0.2) is 59.2 Å². The molecule has 16 heteroatoms. The fourth-order valence-electron chi connectivity index (χ4n) is 14.2. The van der Waals surface area contributed by atoms with Crippen LogP contribution in [0, 0.1) is 5.82 Å². The molecule has 1 aliphatic heterocycles. The molecular weight excluding hydrogens is 1440 g/mol. The first kappa shape index (κ1) is 71.1. The first-order valence-electron chi connectivity index (χ1n) is 38.2. The molecule has 15 nitrogen and oxygen atoms in total. The lowest BCUT2D eigenvalue weighted by Gasteiger charge is -2.39. The van der Waals surface area contributed by atoms with E-state index in [2.05, 4.69) is 82.6 Å². The zero-order chi connectivity index (χ0) is 78.2. The molecule has 0 saturated heterocycles. The highest BCUT2D eigenvalue weighted by Crippen LogP contribution is 2.56. The van der Waals surface area contributed by atoms with Gasteiger partial charge in [0.2, 0.25) is 5.95 Å². The minimum atomic E-state index is -0.436. The van der Waals surface area contributed by atoms with Crippen LogP contribution in [0.25, 0.3) is 159 Å². The number of hydrogen-bond donors (Lipinski definition) is 0. The van der Waals surface area contributed by atoms with Crippen LogP contribution in [-0.4, -0.2) is 64.8 Å². The molecule has 117 heavy (non-hydrogen) atoms. The summed E-state index contributed by atoms with van der Waals surface area (Å²) in [5.41, 5.74) is 18.8. The van der Waals surface area contributed by atoms with Crippen molar-refractivity contribution >= 4 is 34.4 Å². The highest BCUT2D eigenvalue weighted by atomic mass is 19.1. The molecule has 0 saturated carbocycles. The summed E-state index contributed by atoms with van der Waals surface area (Å²) in [7, 11) is 0. The third kappa shape index (κ3) is 15.1. The summed E-state index contributed by atoms with van der Waals surface area (Å²) in [5, 5.41) is 0. The molecule has 552 valence electrons. The Hall–Kier alpha value is -16.2. The molecule has 1 aliphatic rings. The second-order valence-corrected chi connectivity index (χ2v) is 27.6. The highest BCUT2D eigenvalue weighted by Gasteiger charge is 2.35. The molecular formula is C101H66FN15. The fourth-order valence-corrected chi connectivity index (χ4v) is 14.2. The van der Waals surface area contributed by atoms with Gasteiger partial charge < -0.3 is 4.90 Å². The van der Waals surface area contributed by atoms with Gasteiger partial charge in [-0.1, -0.05) is 334 Å². The Morgan fingerprint density at radius 1 is 0.154 bits per heavy atom. The summed E-state index contributed by atoms with van der Waals surface area (Å²) >= 11 is 0. The van der Waals surface area contributed by atoms with Crippen molar-refractivity contribution in [1.29, 1.82) is 0 Å². The number of anilines is 6. The van der Waals surface area contributed by atoms with E-state index >= 15 is 4.39 Å². The molecule has 14 aromatic carbocycles. The summed E-state index contributed by atoms with van der Waals surface area (Å²) < 4.78 is 15.6. The van der Waals surface area contributed by atoms with E-state index in [9.17, 15) is 0 Å². The third-order valence-electron chi connectivity index (χ3n) is 19.9. The molecule has 20 rings (SSSR count). The number of hydrogen-bond acceptors (Lipinski definition) is 15. The Bertz CT molecular complexity index is 6420. The van der Waals surface area contributed by atoms with E-state index in [0.717, 1.165) is 118 Å². The SMILES string of the molecule is Fc1ccc(-c2cc(-c3ccccc3)nc(-c3ccccc3)n2)cc1-c1nc(-c2ccccc2)nc(-c2ccccc2)n1.c1ccc(-c2cc(-c3ccc(N4c5ccccc5N(c5nc(-c6ccccc6)nc(-c6ccccc6)n5)c5ccccc54)c(-c4nc(-c5ccccc5)nc(-c5ccccc5)n4)c3)nc(-c3ccccc3)n2)cc1. The zero-order valence-electron chi connectivity index (χ0n) is 62.7. The Morgan fingerprint density at radius 3 is 0.684 bits per heavy atom. The van der Waals surface area contributed by atoms with Crippen LogP contribution in [0.3, 0.4) is 0 Å². The third-order valence-corrected chi connectivity index (χ3v) is 19.9. The predicted molar refractivity (Wildman–Crippen MR) is 463 cm³/mol. The number of rotatable bonds is 16. The minimum Gasteiger partial charge on any atom is -0.306 e. The average molecular weight is 1510 g/mol. The molecule has 0 bridgehead atoms. The largest absolute Gasteiger partial charge is 0.306 e. The van der Waals surface area contributed by atoms with E-state index in [-0.39, 0.29) is 11.4 Å². The molecule has 0 aliphatic carbocycles. The van der Waals surface area contributed by atoms with Gasteiger partial charge >= 0.3 is 0 Å². The van der Waals surface area contributed by atoms with E-state index in [1.54, 1.807) is 12.1 Å². The summed E-state index contributed by atoms with van der Waals surface area (Å²) in [5.74, 6) is 5.15. The van der Waals surface area contributed by atoms with E-state index in [4.69, 9.17) is 64.8 Å². The van der Waals surface area contributed by atoms with Crippen molar-refractivity contribution in [3.8, 4) is 159 Å². The van der Waals surface area contributed by atoms with Crippen LogP contribution < -0.4 is 9.80 Å². The van der Waals surface area contributed by atoms with Gasteiger partial charge in [-0.05, 0) is 66.7 Å². The zero-order valence-corrected chi connectivity index (χ0v) is 62.7. The topological polar surface area (TPSA) is 174 Å². The van der Waals surface area contributed by atoms with Crippen molar-refractivity contribution in [1.82, 2.24) is 64.8 Å². The van der Waals surface area contributed by atoms with Crippen LogP contribution in [0.2, 0.25) is 0 Å². The van der Waals surface area contributed by atoms with Crippen molar-refractivity contribution in [2.75, 3.05) is 9.80 Å². The number of fused-ring (bicyclic) bond motifs is 2. The van der Waals surface area contributed by atoms with Gasteiger partial charge in [0.1, 0.15) is 5.82 Å². The average Bonchev–Trinajstić information content (AvgIpc) is 0.717. The van der Waals surface area contributed by atoms with Crippen LogP contribution >= 0.6 is 0 Å². The van der Waals surface area contributed by atoms with Crippen LogP contribution in [0.5, 0.6) is 0 Å². The van der Waals surface area contributed by atoms with Gasteiger partial charge in [-0.3, -0.25) is 4.90 Å². The van der Waals surface area contributed by atoms with Gasteiger partial charge in [0.25, 0.3) is 0 Å². The number of para-hydroxylation sites is 4. The maximum Gasteiger partial charge on any atom is 0.238 e. The molecule has 19 aromatic rings. The van der Waals surface area contributed by atoms with E-state index < -0.39 is 5.82 Å². The van der Waals surface area contributed by atoms with Gasteiger partial charge in [0, 0.05) is 72.3 Å². The molecule has 0 fully saturated rings. The number of aromatic nitrogens is 13. The van der Waals surface area contributed by atoms with Crippen LogP contribution in [0.15, 0.2) is 400 Å². The second kappa shape index (κ2) is 32.3. The lowest BCUT2D eigenvalue weighted by atomic mass is 9.99. The summed E-state index contributed by atoms with van der Waals surface area (Å²) in [6, 6.07) is 132. The fraction of sp³-hybridized carbons (Fsp3) is 0. The van der Waals surface area contributed by atoms with Crippen LogP contribution in [0.1, 0.15) is 0 Å². The quantitative estimate of drug-likeness (QED) is 0.0893. The predicted octanol–water partition coefficient (Wildman–Crippen LogP) is 24.2. The monoisotopic (exact) mass is 1510 g/mol. The van der Waals surface area contributed by atoms with E-state index in [1.807, 2.05) is 309 Å². The summed E-state index contributed by atoms with van der Waals surface area (Å²) in [6.45, 7) is 0. The van der Waals surface area contributed by atoms with Gasteiger partial charge in [0.15, 0.2) is 58.2 Å². The van der Waals surface area contributed by atoms with E-state index in [1.165, 1.54) is 6.07 Å². The summed E-state index contributed by atoms with van der Waals surface area (Å²) in [4.78, 5) is 70.1. The smallest absolute Gasteiger partial charge is 0.238 e. The molecule has 0 radical (unpaired) electrons. The van der Waals surface area contributed by atoms with Gasteiger partial charge in [-0.2, -0.15) is 9.97 Å². The van der Waals surface area contributed by atoms with Crippen LogP contribution in [0.4, 0.5) is 38.8 Å². The van der Waals surface area contributed by atoms with Crippen molar-refractivity contribution < 1.29 is 4.39 Å². The van der Waals surface area contributed by atoms with Crippen molar-refractivity contribution in [3.63, 3.8) is 0 Å². The van der Waals surface area contributed by atoms with Crippen molar-refractivity contribution in [2.45, 2.75) is 0 Å². The molecule has 5 aromatic heterocycles. The Morgan fingerprint density at radius 2 is 0.376 bits per heavy atom. The lowest BCUT2D eigenvalue weighted by molar-refractivity contribution is 0.630. The molecule has 0 N–H and O–H groups in total. The maximum atomic E-state index is 15.6. The Balaban J connectivity index is 0.000000180. The summed E-state index contributed by atoms with van der Waals surface area (Å²) in [6.07, 6.45) is 0. The Kier molecular flexibility index (Phi) is 19.6. The molecule has 0 amide bonds. The first-order chi connectivity index (χ1) is 57.9. The van der Waals surface area contributed by atoms with Crippen molar-refractivity contribution in [2.24, 2.45) is 0 Å². The van der Waals surface area contributed by atoms with E-state index in [0.29, 0.717) is 64.1 Å². The molecule has 6 heterocycles. The number of nitrogens with zero attached hydrogens (tertiary/aromatic N) is 15. The van der Waals surface area contributed by atoms with Crippen LogP contribution in [-0.2, 0) is 0 Å². The highest BCUT2D eigenvalue weighted by molar-refractivity contribution is 6.03. The minimum absolute atomic E-state index is 0.243. The standard InChI is InChI=1S/C64H42N10.C37H24FN5/c1-7-23-43(24-8-1)51-42-52(66-58(65-51)44-25-9-2-10-26-44)49-39-40-53(50(41-49)63-69-59(45-27-11-3-12-28-45)67-60(70-63)46-29-13-4-14-30-46)73-54-35-19-21-37-56(54)74(57-38-22-20-36-55(57)73)64-71-61(47-31-15-5-16-32-47)68-62(72-64)48-33-17-6-18-34-48;38-31-22-21-29(33-24-32(25-13-5-1-6-14-25)39-34(40-33)26-15-7-2-8-16-26)23-30(31)37-42-35(27-17-9-3-10-18-27)41-36(43-37)28-19-11-4-12-20-28/h1-42H;1-24H.